The van der Waals surface area contributed by atoms with Crippen molar-refractivity contribution < 1.29 is 17.6 Å². The number of thioether (sulfide) groups is 1. The number of sulfonamides is 1. The first kappa shape index (κ1) is 17.4. The molecule has 0 aliphatic carbocycles. The Morgan fingerprint density at radius 1 is 1.27 bits per heavy atom. The lowest BCUT2D eigenvalue weighted by molar-refractivity contribution is -0.117. The van der Waals surface area contributed by atoms with Crippen LogP contribution in [0.4, 0.5) is 15.8 Å². The minimum atomic E-state index is -3.93. The fraction of sp³-hybridized carbons (Fsp3) is 0.278. The largest absolute Gasteiger partial charge is 0.310 e. The average molecular weight is 392 g/mol. The smallest absolute Gasteiger partial charge is 0.262 e. The van der Waals surface area contributed by atoms with Crippen LogP contribution in [0.3, 0.4) is 0 Å². The van der Waals surface area contributed by atoms with Crippen LogP contribution in [0.2, 0.25) is 0 Å². The van der Waals surface area contributed by atoms with Crippen LogP contribution < -0.4 is 9.62 Å². The third kappa shape index (κ3) is 2.77. The number of benzene rings is 2. The molecule has 8 heteroatoms. The lowest BCUT2D eigenvalue weighted by Gasteiger charge is -2.29. The Morgan fingerprint density at radius 3 is 2.77 bits per heavy atom. The van der Waals surface area contributed by atoms with Crippen molar-refractivity contribution in [1.82, 2.24) is 0 Å². The van der Waals surface area contributed by atoms with Crippen molar-refractivity contribution in [2.24, 2.45) is 0 Å². The van der Waals surface area contributed by atoms with Gasteiger partial charge in [0.2, 0.25) is 5.91 Å². The molecule has 4 rings (SSSR count). The molecule has 136 valence electrons. The number of rotatable bonds is 3. The van der Waals surface area contributed by atoms with Gasteiger partial charge in [-0.1, -0.05) is 13.0 Å². The number of hydrogen-bond donors (Lipinski definition) is 1. The Hall–Kier alpha value is -2.06. The van der Waals surface area contributed by atoms with Crippen LogP contribution in [0.25, 0.3) is 0 Å². The van der Waals surface area contributed by atoms with Gasteiger partial charge in [0, 0.05) is 22.3 Å². The summed E-state index contributed by atoms with van der Waals surface area (Å²) in [6.07, 6.45) is 0.0644. The summed E-state index contributed by atoms with van der Waals surface area (Å²) >= 11 is 1.64. The van der Waals surface area contributed by atoms with Crippen LogP contribution in [0.1, 0.15) is 18.1 Å². The van der Waals surface area contributed by atoms with Gasteiger partial charge >= 0.3 is 0 Å². The molecule has 0 radical (unpaired) electrons. The molecule has 5 nitrogen and oxygen atoms in total. The van der Waals surface area contributed by atoms with Crippen LogP contribution in [0, 0.1) is 12.7 Å². The number of nitrogens with one attached hydrogen (secondary N) is 1. The van der Waals surface area contributed by atoms with E-state index in [0.717, 1.165) is 11.0 Å². The van der Waals surface area contributed by atoms with E-state index in [9.17, 15) is 17.6 Å². The normalized spacial score (nSPS) is 18.8. The van der Waals surface area contributed by atoms with Gasteiger partial charge in [-0.15, -0.1) is 11.8 Å². The summed E-state index contributed by atoms with van der Waals surface area (Å²) in [6.45, 7) is 4.22. The highest BCUT2D eigenvalue weighted by molar-refractivity contribution is 8.00. The Kier molecular flexibility index (Phi) is 4.00. The average Bonchev–Trinajstić information content (AvgIpc) is 2.88. The molecule has 1 N–H and O–H groups in total. The second-order valence-electron chi connectivity index (χ2n) is 6.57. The molecule has 2 aliphatic heterocycles. The Bertz CT molecular complexity index is 1040. The first-order chi connectivity index (χ1) is 12.3. The minimum Gasteiger partial charge on any atom is -0.310 e. The van der Waals surface area contributed by atoms with Crippen molar-refractivity contribution in [1.29, 1.82) is 0 Å². The highest BCUT2D eigenvalue weighted by Gasteiger charge is 2.38. The lowest BCUT2D eigenvalue weighted by Crippen LogP contribution is -2.35. The first-order valence-electron chi connectivity index (χ1n) is 8.18. The maximum Gasteiger partial charge on any atom is 0.262 e. The molecule has 0 bridgehead atoms. The summed E-state index contributed by atoms with van der Waals surface area (Å²) < 4.78 is 41.9. The third-order valence-corrected chi connectivity index (χ3v) is 7.18. The predicted molar refractivity (Wildman–Crippen MR) is 99.8 cm³/mol. The van der Waals surface area contributed by atoms with Gasteiger partial charge in [-0.3, -0.25) is 9.52 Å². The SMILES string of the molecule is Cc1ccc(NS(=O)(=O)c2ccc3c4c2CC(=O)N4C[C@@H](C)S3)cc1F. The monoisotopic (exact) mass is 392 g/mol. The summed E-state index contributed by atoms with van der Waals surface area (Å²) in [5, 5.41) is 0.258. The summed E-state index contributed by atoms with van der Waals surface area (Å²) in [4.78, 5) is 15.0. The van der Waals surface area contributed by atoms with Gasteiger partial charge in [-0.05, 0) is 36.8 Å². The quantitative estimate of drug-likeness (QED) is 0.870. The summed E-state index contributed by atoms with van der Waals surface area (Å²) in [6, 6.07) is 7.46. The number of carbonyl (C=O) groups excluding carboxylic acids is 1. The van der Waals surface area contributed by atoms with Crippen LogP contribution in [0.5, 0.6) is 0 Å². The van der Waals surface area contributed by atoms with Crippen LogP contribution in [-0.2, 0) is 21.2 Å². The van der Waals surface area contributed by atoms with E-state index in [-0.39, 0.29) is 28.2 Å². The van der Waals surface area contributed by atoms with E-state index in [1.807, 2.05) is 6.92 Å². The molecular weight excluding hydrogens is 375 g/mol. The zero-order valence-electron chi connectivity index (χ0n) is 14.2. The van der Waals surface area contributed by atoms with Crippen LogP contribution in [-0.4, -0.2) is 26.1 Å². The maximum absolute atomic E-state index is 13.7. The van der Waals surface area contributed by atoms with Gasteiger partial charge in [0.25, 0.3) is 10.0 Å². The molecule has 2 aromatic carbocycles. The number of carbonyl (C=O) groups is 1. The van der Waals surface area contributed by atoms with E-state index in [0.29, 0.717) is 23.4 Å². The van der Waals surface area contributed by atoms with Crippen molar-refractivity contribution >= 4 is 39.1 Å². The Labute approximate surface area is 155 Å². The predicted octanol–water partition coefficient (Wildman–Crippen LogP) is 3.32. The van der Waals surface area contributed by atoms with Crippen LogP contribution in [0.15, 0.2) is 40.1 Å². The molecule has 2 aliphatic rings. The summed E-state index contributed by atoms with van der Waals surface area (Å²) in [5.74, 6) is -0.565. The number of anilines is 2. The van der Waals surface area contributed by atoms with E-state index >= 15 is 0 Å². The maximum atomic E-state index is 13.7. The molecule has 0 spiro atoms. The third-order valence-electron chi connectivity index (χ3n) is 4.58. The summed E-state index contributed by atoms with van der Waals surface area (Å²) in [5.41, 5.74) is 1.82. The number of nitrogens with zero attached hydrogens (tertiary/aromatic N) is 1. The molecule has 1 amide bonds. The second-order valence-corrected chi connectivity index (χ2v) is 9.70. The Balaban J connectivity index is 1.77. The van der Waals surface area contributed by atoms with Gasteiger partial charge in [0.15, 0.2) is 0 Å². The number of halogens is 1. The van der Waals surface area contributed by atoms with E-state index in [2.05, 4.69) is 4.72 Å². The standard InChI is InChI=1S/C18H17FN2O3S2/c1-10-3-4-12(7-14(10)19)20-26(23,24)16-6-5-15-18-13(16)8-17(22)21(18)9-11(2)25-15/h3-7,11,20H,8-9H2,1-2H3/t11-/m1/s1. The molecule has 0 unspecified atom stereocenters. The Morgan fingerprint density at radius 2 is 2.04 bits per heavy atom. The van der Waals surface area contributed by atoms with Crippen molar-refractivity contribution in [3.8, 4) is 0 Å². The van der Waals surface area contributed by atoms with E-state index in [1.165, 1.54) is 18.2 Å². The zero-order valence-corrected chi connectivity index (χ0v) is 15.9. The number of hydrogen-bond acceptors (Lipinski definition) is 4. The second kappa shape index (κ2) is 5.99. The van der Waals surface area contributed by atoms with Gasteiger partial charge in [-0.25, -0.2) is 12.8 Å². The van der Waals surface area contributed by atoms with E-state index in [4.69, 9.17) is 0 Å². The number of aryl methyl sites for hydroxylation is 1. The fourth-order valence-corrected chi connectivity index (χ4v) is 5.79. The molecule has 0 saturated carbocycles. The molecular formula is C18H17FN2O3S2. The molecule has 0 aromatic heterocycles. The summed E-state index contributed by atoms with van der Waals surface area (Å²) in [7, 11) is -3.93. The lowest BCUT2D eigenvalue weighted by atomic mass is 10.1. The molecule has 0 saturated heterocycles. The van der Waals surface area contributed by atoms with Gasteiger partial charge < -0.3 is 4.90 Å². The highest BCUT2D eigenvalue weighted by atomic mass is 32.2. The van der Waals surface area contributed by atoms with Gasteiger partial charge in [-0.2, -0.15) is 0 Å². The van der Waals surface area contributed by atoms with Crippen molar-refractivity contribution in [3.05, 3.63) is 47.3 Å². The van der Waals surface area contributed by atoms with E-state index < -0.39 is 15.8 Å². The van der Waals surface area contributed by atoms with Gasteiger partial charge in [0.1, 0.15) is 5.82 Å². The minimum absolute atomic E-state index is 0.0644. The molecule has 2 heterocycles. The number of amides is 1. The highest BCUT2D eigenvalue weighted by Crippen LogP contribution is 2.46. The molecule has 1 atom stereocenters. The van der Waals surface area contributed by atoms with Crippen molar-refractivity contribution in [2.75, 3.05) is 16.2 Å². The van der Waals surface area contributed by atoms with E-state index in [1.54, 1.807) is 29.7 Å². The fourth-order valence-electron chi connectivity index (χ4n) is 3.35. The molecule has 2 aromatic rings. The van der Waals surface area contributed by atoms with Crippen molar-refractivity contribution in [2.45, 2.75) is 35.3 Å². The van der Waals surface area contributed by atoms with Crippen LogP contribution >= 0.6 is 11.8 Å². The zero-order chi connectivity index (χ0) is 18.6. The van der Waals surface area contributed by atoms with Crippen molar-refractivity contribution in [3.63, 3.8) is 0 Å². The van der Waals surface area contributed by atoms with Gasteiger partial charge in [0.05, 0.1) is 22.7 Å². The first-order valence-corrected chi connectivity index (χ1v) is 10.5. The molecule has 26 heavy (non-hydrogen) atoms. The topological polar surface area (TPSA) is 66.5 Å². The molecule has 0 fully saturated rings.